The van der Waals surface area contributed by atoms with Crippen LogP contribution < -0.4 is 5.32 Å². The van der Waals surface area contributed by atoms with Crippen molar-refractivity contribution in [3.8, 4) is 0 Å². The van der Waals surface area contributed by atoms with E-state index in [1.165, 1.54) is 11.3 Å². The summed E-state index contributed by atoms with van der Waals surface area (Å²) < 4.78 is 2.05. The van der Waals surface area contributed by atoms with E-state index in [9.17, 15) is 5.11 Å². The summed E-state index contributed by atoms with van der Waals surface area (Å²) in [6.07, 6.45) is 3.11. The second kappa shape index (κ2) is 7.10. The Bertz CT molecular complexity index is 654. The SMILES string of the molecule is CCC(O)c1cc2n(n1)CCCN(Cc1cccnc1NC)C2. The van der Waals surface area contributed by atoms with Crippen molar-refractivity contribution in [3.63, 3.8) is 0 Å². The first-order chi connectivity index (χ1) is 11.2. The minimum Gasteiger partial charge on any atom is -0.387 e. The Morgan fingerprint density at radius 2 is 2.26 bits per heavy atom. The lowest BCUT2D eigenvalue weighted by Gasteiger charge is -2.20. The van der Waals surface area contributed by atoms with Gasteiger partial charge in [0, 0.05) is 45.0 Å². The van der Waals surface area contributed by atoms with Crippen molar-refractivity contribution in [2.24, 2.45) is 0 Å². The van der Waals surface area contributed by atoms with Crippen LogP contribution in [0.5, 0.6) is 0 Å². The maximum atomic E-state index is 10.0. The Morgan fingerprint density at radius 3 is 3.04 bits per heavy atom. The summed E-state index contributed by atoms with van der Waals surface area (Å²) >= 11 is 0. The molecule has 0 spiro atoms. The van der Waals surface area contributed by atoms with E-state index in [0.29, 0.717) is 6.42 Å². The third-order valence-corrected chi connectivity index (χ3v) is 4.36. The number of anilines is 1. The second-order valence-electron chi connectivity index (χ2n) is 6.03. The predicted octanol–water partition coefficient (Wildman–Crippen LogP) is 2.17. The molecule has 0 aliphatic carbocycles. The molecule has 0 saturated carbocycles. The van der Waals surface area contributed by atoms with E-state index >= 15 is 0 Å². The number of hydrogen-bond donors (Lipinski definition) is 2. The molecule has 3 rings (SSSR count). The van der Waals surface area contributed by atoms with Crippen LogP contribution in [0.4, 0.5) is 5.82 Å². The van der Waals surface area contributed by atoms with Gasteiger partial charge in [-0.2, -0.15) is 5.10 Å². The third-order valence-electron chi connectivity index (χ3n) is 4.36. The number of aryl methyl sites for hydroxylation is 1. The molecular weight excluding hydrogens is 290 g/mol. The summed E-state index contributed by atoms with van der Waals surface area (Å²) in [6.45, 7) is 5.63. The van der Waals surface area contributed by atoms with Gasteiger partial charge in [0.05, 0.1) is 17.5 Å². The molecule has 2 aromatic rings. The Balaban J connectivity index is 1.76. The van der Waals surface area contributed by atoms with Gasteiger partial charge in [-0.15, -0.1) is 0 Å². The van der Waals surface area contributed by atoms with Crippen LogP contribution in [0.1, 0.15) is 42.8 Å². The monoisotopic (exact) mass is 315 g/mol. The fourth-order valence-electron chi connectivity index (χ4n) is 3.09. The first kappa shape index (κ1) is 16.0. The summed E-state index contributed by atoms with van der Waals surface area (Å²) in [5, 5.41) is 17.7. The molecule has 124 valence electrons. The lowest BCUT2D eigenvalue weighted by atomic mass is 10.2. The highest BCUT2D eigenvalue weighted by atomic mass is 16.3. The third kappa shape index (κ3) is 3.54. The number of nitrogens with zero attached hydrogens (tertiary/aromatic N) is 4. The van der Waals surface area contributed by atoms with Gasteiger partial charge in [0.25, 0.3) is 0 Å². The minimum atomic E-state index is -0.461. The molecule has 0 aromatic carbocycles. The van der Waals surface area contributed by atoms with Crippen molar-refractivity contribution < 1.29 is 5.11 Å². The van der Waals surface area contributed by atoms with Gasteiger partial charge < -0.3 is 10.4 Å². The molecule has 2 aromatic heterocycles. The van der Waals surface area contributed by atoms with Crippen LogP contribution in [-0.4, -0.2) is 38.4 Å². The Labute approximate surface area is 137 Å². The topological polar surface area (TPSA) is 66.2 Å². The number of hydrogen-bond acceptors (Lipinski definition) is 5. The maximum Gasteiger partial charge on any atom is 0.130 e. The molecule has 1 unspecified atom stereocenters. The predicted molar refractivity (Wildman–Crippen MR) is 90.0 cm³/mol. The van der Waals surface area contributed by atoms with Crippen molar-refractivity contribution in [1.29, 1.82) is 0 Å². The van der Waals surface area contributed by atoms with E-state index in [0.717, 1.165) is 44.1 Å². The molecule has 3 heterocycles. The number of aliphatic hydroxyl groups excluding tert-OH is 1. The standard InChI is InChI=1S/C17H25N5O/c1-3-16(23)15-10-14-12-21(8-5-9-22(14)20-15)11-13-6-4-7-19-17(13)18-2/h4,6-7,10,16,23H,3,5,8-9,11-12H2,1-2H3,(H,18,19). The van der Waals surface area contributed by atoms with Crippen LogP contribution in [0.2, 0.25) is 0 Å². The van der Waals surface area contributed by atoms with E-state index in [1.54, 1.807) is 0 Å². The minimum absolute atomic E-state index is 0.461. The Hall–Kier alpha value is -1.92. The molecule has 1 aliphatic rings. The molecular formula is C17H25N5O. The smallest absolute Gasteiger partial charge is 0.130 e. The number of aromatic nitrogens is 3. The van der Waals surface area contributed by atoms with Gasteiger partial charge in [-0.05, 0) is 25.0 Å². The van der Waals surface area contributed by atoms with Crippen molar-refractivity contribution in [3.05, 3.63) is 41.3 Å². The number of fused-ring (bicyclic) bond motifs is 1. The van der Waals surface area contributed by atoms with Gasteiger partial charge in [-0.25, -0.2) is 4.98 Å². The first-order valence-electron chi connectivity index (χ1n) is 8.30. The fraction of sp³-hybridized carbons (Fsp3) is 0.529. The van der Waals surface area contributed by atoms with Crippen LogP contribution >= 0.6 is 0 Å². The fourth-order valence-corrected chi connectivity index (χ4v) is 3.09. The molecule has 1 aliphatic heterocycles. The van der Waals surface area contributed by atoms with Crippen LogP contribution in [-0.2, 0) is 19.6 Å². The van der Waals surface area contributed by atoms with Gasteiger partial charge >= 0.3 is 0 Å². The van der Waals surface area contributed by atoms with Crippen LogP contribution in [0, 0.1) is 0 Å². The van der Waals surface area contributed by atoms with Crippen molar-refractivity contribution in [2.45, 2.75) is 45.5 Å². The molecule has 0 fully saturated rings. The van der Waals surface area contributed by atoms with Crippen LogP contribution in [0.15, 0.2) is 24.4 Å². The van der Waals surface area contributed by atoms with Gasteiger partial charge in [-0.1, -0.05) is 13.0 Å². The van der Waals surface area contributed by atoms with E-state index in [2.05, 4.69) is 37.1 Å². The van der Waals surface area contributed by atoms with Crippen LogP contribution in [0.25, 0.3) is 0 Å². The quantitative estimate of drug-likeness (QED) is 0.885. The van der Waals surface area contributed by atoms with Gasteiger partial charge in [0.1, 0.15) is 5.82 Å². The maximum absolute atomic E-state index is 10.0. The summed E-state index contributed by atoms with van der Waals surface area (Å²) in [4.78, 5) is 6.80. The van der Waals surface area contributed by atoms with Gasteiger partial charge in [0.2, 0.25) is 0 Å². The average molecular weight is 315 g/mol. The number of nitrogens with one attached hydrogen (secondary N) is 1. The average Bonchev–Trinajstić information content (AvgIpc) is 2.88. The zero-order valence-corrected chi connectivity index (χ0v) is 13.9. The second-order valence-corrected chi connectivity index (χ2v) is 6.03. The van der Waals surface area contributed by atoms with E-state index in [4.69, 9.17) is 0 Å². The van der Waals surface area contributed by atoms with Crippen LogP contribution in [0.3, 0.4) is 0 Å². The molecule has 6 nitrogen and oxygen atoms in total. The highest BCUT2D eigenvalue weighted by Gasteiger charge is 2.19. The number of rotatable bonds is 5. The largest absolute Gasteiger partial charge is 0.387 e. The molecule has 0 radical (unpaired) electrons. The Morgan fingerprint density at radius 1 is 1.39 bits per heavy atom. The van der Waals surface area contributed by atoms with Gasteiger partial charge in [0.15, 0.2) is 0 Å². The lowest BCUT2D eigenvalue weighted by molar-refractivity contribution is 0.167. The van der Waals surface area contributed by atoms with Crippen molar-refractivity contribution in [2.75, 3.05) is 18.9 Å². The van der Waals surface area contributed by atoms with E-state index < -0.39 is 6.10 Å². The molecule has 1 atom stereocenters. The molecule has 2 N–H and O–H groups in total. The highest BCUT2D eigenvalue weighted by Crippen LogP contribution is 2.22. The molecule has 23 heavy (non-hydrogen) atoms. The number of pyridine rings is 1. The number of aliphatic hydroxyl groups is 1. The lowest BCUT2D eigenvalue weighted by Crippen LogP contribution is -2.23. The first-order valence-corrected chi connectivity index (χ1v) is 8.30. The molecule has 6 heteroatoms. The van der Waals surface area contributed by atoms with Gasteiger partial charge in [-0.3, -0.25) is 9.58 Å². The highest BCUT2D eigenvalue weighted by molar-refractivity contribution is 5.42. The summed E-state index contributed by atoms with van der Waals surface area (Å²) in [5.41, 5.74) is 3.18. The van der Waals surface area contributed by atoms with E-state index in [1.807, 2.05) is 26.2 Å². The van der Waals surface area contributed by atoms with Crippen molar-refractivity contribution in [1.82, 2.24) is 19.7 Å². The summed E-state index contributed by atoms with van der Waals surface area (Å²) in [5.74, 6) is 0.937. The van der Waals surface area contributed by atoms with E-state index in [-0.39, 0.29) is 0 Å². The zero-order valence-electron chi connectivity index (χ0n) is 13.9. The molecule has 0 bridgehead atoms. The summed E-state index contributed by atoms with van der Waals surface area (Å²) in [7, 11) is 1.90. The zero-order chi connectivity index (χ0) is 16.2. The summed E-state index contributed by atoms with van der Waals surface area (Å²) in [6, 6.07) is 6.15. The molecule has 0 amide bonds. The molecule has 0 saturated heterocycles. The van der Waals surface area contributed by atoms with Crippen molar-refractivity contribution >= 4 is 5.82 Å². The normalized spacial score (nSPS) is 16.7. The Kier molecular flexibility index (Phi) is 4.93.